The van der Waals surface area contributed by atoms with Crippen LogP contribution in [0, 0.1) is 0 Å². The smallest absolute Gasteiger partial charge is 0.437 e. The highest BCUT2D eigenvalue weighted by atomic mass is 19.4. The van der Waals surface area contributed by atoms with Gasteiger partial charge < -0.3 is 9.15 Å². The fraction of sp³-hybridized carbons (Fsp3) is 0.0667. The lowest BCUT2D eigenvalue weighted by Gasteiger charge is -2.07. The summed E-state index contributed by atoms with van der Waals surface area (Å²) < 4.78 is 49.7. The number of hydrogen-bond donors (Lipinski definition) is 0. The van der Waals surface area contributed by atoms with Gasteiger partial charge in [-0.1, -0.05) is 0 Å². The number of benzene rings is 1. The van der Waals surface area contributed by atoms with Crippen LogP contribution in [-0.4, -0.2) is 19.8 Å². The van der Waals surface area contributed by atoms with Crippen LogP contribution in [0.1, 0.15) is 5.82 Å². The molecular weight excluding hydrogens is 341 g/mol. The minimum Gasteiger partial charge on any atom is -0.437 e. The summed E-state index contributed by atoms with van der Waals surface area (Å²) in [6.07, 6.45) is -4.70. The average Bonchev–Trinajstić information content (AvgIpc) is 2.98. The molecule has 0 spiro atoms. The zero-order chi connectivity index (χ0) is 17.6. The van der Waals surface area contributed by atoms with Gasteiger partial charge >= 0.3 is 11.8 Å². The number of nitrogens with zero attached hydrogens (tertiary/aromatic N) is 4. The Hall–Kier alpha value is -3.43. The Balaban J connectivity index is 1.74. The van der Waals surface area contributed by atoms with E-state index in [-0.39, 0.29) is 22.9 Å². The van der Waals surface area contributed by atoms with E-state index in [1.165, 1.54) is 24.3 Å². The van der Waals surface area contributed by atoms with Crippen molar-refractivity contribution < 1.29 is 22.3 Å². The summed E-state index contributed by atoms with van der Waals surface area (Å²) >= 11 is 0. The van der Waals surface area contributed by atoms with E-state index in [0.717, 1.165) is 0 Å². The molecule has 25 heavy (non-hydrogen) atoms. The number of aromatic nitrogens is 4. The highest BCUT2D eigenvalue weighted by molar-refractivity contribution is 5.77. The highest BCUT2D eigenvalue weighted by Gasteiger charge is 2.37. The molecule has 0 atom stereocenters. The third-order valence-corrected chi connectivity index (χ3v) is 3.31. The maximum Gasteiger partial charge on any atom is 0.453 e. The topological polar surface area (TPSA) is 82.5 Å². The van der Waals surface area contributed by atoms with E-state index in [0.29, 0.717) is 9.90 Å². The van der Waals surface area contributed by atoms with Crippen molar-refractivity contribution >= 4 is 16.6 Å². The fourth-order valence-corrected chi connectivity index (χ4v) is 2.23. The molecule has 3 heterocycles. The second kappa shape index (κ2) is 5.30. The van der Waals surface area contributed by atoms with Crippen molar-refractivity contribution in [3.05, 3.63) is 58.7 Å². The molecule has 0 bridgehead atoms. The molecule has 0 aliphatic rings. The summed E-state index contributed by atoms with van der Waals surface area (Å²) in [6.45, 7) is 0. The summed E-state index contributed by atoms with van der Waals surface area (Å²) in [7, 11) is 0. The second-order valence-electron chi connectivity index (χ2n) is 5.02. The number of hydrogen-bond acceptors (Lipinski definition) is 6. The minimum absolute atomic E-state index is 0.0656. The van der Waals surface area contributed by atoms with Gasteiger partial charge in [0.1, 0.15) is 11.3 Å². The minimum atomic E-state index is -4.70. The lowest BCUT2D eigenvalue weighted by Crippen LogP contribution is -2.12. The molecule has 0 saturated carbocycles. The van der Waals surface area contributed by atoms with Crippen LogP contribution >= 0.6 is 0 Å². The third kappa shape index (κ3) is 2.77. The Morgan fingerprint density at radius 1 is 1.04 bits per heavy atom. The zero-order valence-corrected chi connectivity index (χ0v) is 12.2. The van der Waals surface area contributed by atoms with Gasteiger partial charge in [-0.25, -0.2) is 4.79 Å². The van der Waals surface area contributed by atoms with Gasteiger partial charge in [-0.05, 0) is 24.3 Å². The first-order valence-corrected chi connectivity index (χ1v) is 6.92. The number of rotatable bonds is 2. The molecule has 4 rings (SSSR count). The van der Waals surface area contributed by atoms with E-state index >= 15 is 0 Å². The van der Waals surface area contributed by atoms with Gasteiger partial charge in [-0.3, -0.25) is 0 Å². The van der Waals surface area contributed by atoms with Crippen LogP contribution in [0.4, 0.5) is 13.2 Å². The van der Waals surface area contributed by atoms with E-state index in [1.54, 1.807) is 18.2 Å². The van der Waals surface area contributed by atoms with Crippen molar-refractivity contribution in [2.24, 2.45) is 0 Å². The summed E-state index contributed by atoms with van der Waals surface area (Å²) in [4.78, 5) is 11.3. The van der Waals surface area contributed by atoms with Crippen LogP contribution in [0.5, 0.6) is 11.6 Å². The second-order valence-corrected chi connectivity index (χ2v) is 5.02. The van der Waals surface area contributed by atoms with Gasteiger partial charge in [0, 0.05) is 23.6 Å². The van der Waals surface area contributed by atoms with Crippen molar-refractivity contribution in [1.29, 1.82) is 0 Å². The van der Waals surface area contributed by atoms with Crippen LogP contribution in [-0.2, 0) is 6.18 Å². The molecule has 0 N–H and O–H groups in total. The van der Waals surface area contributed by atoms with Gasteiger partial charge in [0.15, 0.2) is 5.65 Å². The van der Waals surface area contributed by atoms with E-state index in [4.69, 9.17) is 9.15 Å². The Kier molecular flexibility index (Phi) is 3.20. The standard InChI is InChI=1S/C15H7F3N4O3/c16-15(17,18)14-20-19-11-4-5-12(21-22(11)14)24-9-3-1-8-2-6-13(23)25-10(8)7-9/h1-7H. The molecule has 4 aromatic rings. The van der Waals surface area contributed by atoms with E-state index in [1.807, 2.05) is 0 Å². The van der Waals surface area contributed by atoms with Crippen LogP contribution in [0.3, 0.4) is 0 Å². The van der Waals surface area contributed by atoms with Crippen molar-refractivity contribution in [1.82, 2.24) is 19.8 Å². The highest BCUT2D eigenvalue weighted by Crippen LogP contribution is 2.29. The van der Waals surface area contributed by atoms with Crippen LogP contribution in [0.2, 0.25) is 0 Å². The molecule has 1 aromatic carbocycles. The summed E-state index contributed by atoms with van der Waals surface area (Å²) in [5.74, 6) is -1.11. The Bertz CT molecular complexity index is 1150. The molecule has 0 unspecified atom stereocenters. The first kappa shape index (κ1) is 15.1. The van der Waals surface area contributed by atoms with Crippen LogP contribution in [0.25, 0.3) is 16.6 Å². The molecule has 0 amide bonds. The largest absolute Gasteiger partial charge is 0.453 e. The Morgan fingerprint density at radius 3 is 2.64 bits per heavy atom. The van der Waals surface area contributed by atoms with Crippen molar-refractivity contribution in [2.75, 3.05) is 0 Å². The number of ether oxygens (including phenoxy) is 1. The van der Waals surface area contributed by atoms with E-state index in [9.17, 15) is 18.0 Å². The first-order valence-electron chi connectivity index (χ1n) is 6.92. The van der Waals surface area contributed by atoms with Gasteiger partial charge in [-0.15, -0.1) is 15.3 Å². The molecule has 10 heteroatoms. The predicted molar refractivity (Wildman–Crippen MR) is 78.3 cm³/mol. The quantitative estimate of drug-likeness (QED) is 0.518. The lowest BCUT2D eigenvalue weighted by molar-refractivity contribution is -0.146. The number of alkyl halides is 3. The van der Waals surface area contributed by atoms with Crippen LogP contribution in [0.15, 0.2) is 51.7 Å². The van der Waals surface area contributed by atoms with Crippen LogP contribution < -0.4 is 10.4 Å². The van der Waals surface area contributed by atoms with Crippen molar-refractivity contribution in [3.63, 3.8) is 0 Å². The van der Waals surface area contributed by atoms with Gasteiger partial charge in [0.25, 0.3) is 5.82 Å². The monoisotopic (exact) mass is 348 g/mol. The van der Waals surface area contributed by atoms with E-state index < -0.39 is 17.6 Å². The van der Waals surface area contributed by atoms with Gasteiger partial charge in [0.05, 0.1) is 0 Å². The Labute approximate surface area is 136 Å². The number of fused-ring (bicyclic) bond motifs is 2. The molecular formula is C15H7F3N4O3. The maximum absolute atomic E-state index is 12.9. The molecule has 0 radical (unpaired) electrons. The first-order chi connectivity index (χ1) is 11.9. The SMILES string of the molecule is O=c1ccc2ccc(Oc3ccc4nnc(C(F)(F)F)n4n3)cc2o1. The van der Waals surface area contributed by atoms with Gasteiger partial charge in [0.2, 0.25) is 5.88 Å². The molecule has 0 fully saturated rings. The maximum atomic E-state index is 12.9. The van der Waals surface area contributed by atoms with Gasteiger partial charge in [-0.2, -0.15) is 17.7 Å². The van der Waals surface area contributed by atoms with Crippen molar-refractivity contribution in [2.45, 2.75) is 6.18 Å². The molecule has 7 nitrogen and oxygen atoms in total. The number of halogens is 3. The third-order valence-electron chi connectivity index (χ3n) is 3.31. The normalized spacial score (nSPS) is 12.0. The fourth-order valence-electron chi connectivity index (χ4n) is 2.23. The molecule has 0 aliphatic carbocycles. The van der Waals surface area contributed by atoms with E-state index in [2.05, 4.69) is 15.3 Å². The molecule has 126 valence electrons. The molecule has 0 aliphatic heterocycles. The predicted octanol–water partition coefficient (Wildman–Crippen LogP) is 3.04. The van der Waals surface area contributed by atoms with Crippen molar-refractivity contribution in [3.8, 4) is 11.6 Å². The summed E-state index contributed by atoms with van der Waals surface area (Å²) in [5.41, 5.74) is -0.306. The lowest BCUT2D eigenvalue weighted by atomic mass is 10.2. The Morgan fingerprint density at radius 2 is 1.84 bits per heavy atom. The average molecular weight is 348 g/mol. The summed E-state index contributed by atoms with van der Waals surface area (Å²) in [6, 6.07) is 10.2. The molecule has 0 saturated heterocycles. The zero-order valence-electron chi connectivity index (χ0n) is 12.2. The summed E-state index contributed by atoms with van der Waals surface area (Å²) in [5, 5.41) is 10.9. The molecule has 3 aromatic heterocycles.